The number of aromatic nitrogens is 2. The first-order chi connectivity index (χ1) is 9.49. The van der Waals surface area contributed by atoms with Crippen LogP contribution < -0.4 is 5.32 Å². The first kappa shape index (κ1) is 13.9. The summed E-state index contributed by atoms with van der Waals surface area (Å²) >= 11 is 0. The van der Waals surface area contributed by atoms with E-state index in [-0.39, 0.29) is 29.1 Å². The molecule has 0 aliphatic heterocycles. The first-order valence-electron chi connectivity index (χ1n) is 5.70. The lowest BCUT2D eigenvalue weighted by Crippen LogP contribution is -2.11. The van der Waals surface area contributed by atoms with Gasteiger partial charge in [-0.1, -0.05) is 0 Å². The lowest BCUT2D eigenvalue weighted by molar-refractivity contribution is 0.0694. The zero-order valence-electron chi connectivity index (χ0n) is 10.5. The van der Waals surface area contributed by atoms with E-state index in [4.69, 9.17) is 5.11 Å². The van der Waals surface area contributed by atoms with Crippen LogP contribution in [0.5, 0.6) is 0 Å². The van der Waals surface area contributed by atoms with Crippen LogP contribution in [0.2, 0.25) is 0 Å². The number of hydrogen-bond donors (Lipinski definition) is 2. The van der Waals surface area contributed by atoms with E-state index in [0.29, 0.717) is 0 Å². The van der Waals surface area contributed by atoms with Gasteiger partial charge >= 0.3 is 5.97 Å². The maximum absolute atomic E-state index is 13.6. The minimum absolute atomic E-state index is 0.0520. The molecule has 5 nitrogen and oxygen atoms in total. The minimum atomic E-state index is -1.18. The van der Waals surface area contributed by atoms with Gasteiger partial charge in [-0.25, -0.2) is 23.5 Å². The topological polar surface area (TPSA) is 75.1 Å². The van der Waals surface area contributed by atoms with Crippen molar-refractivity contribution in [1.82, 2.24) is 9.97 Å². The quantitative estimate of drug-likeness (QED) is 0.898. The van der Waals surface area contributed by atoms with Crippen LogP contribution in [-0.4, -0.2) is 21.0 Å². The van der Waals surface area contributed by atoms with E-state index in [1.54, 1.807) is 0 Å². The highest BCUT2D eigenvalue weighted by Gasteiger charge is 2.12. The summed E-state index contributed by atoms with van der Waals surface area (Å²) in [7, 11) is 0. The molecule has 0 spiro atoms. The van der Waals surface area contributed by atoms with Crippen molar-refractivity contribution in [2.24, 2.45) is 0 Å². The Morgan fingerprint density at radius 2 is 2.10 bits per heavy atom. The molecule has 0 unspecified atom stereocenters. The van der Waals surface area contributed by atoms with Gasteiger partial charge in [0, 0.05) is 12.3 Å². The van der Waals surface area contributed by atoms with Crippen LogP contribution in [0.1, 0.15) is 21.6 Å². The highest BCUT2D eigenvalue weighted by Crippen LogP contribution is 2.19. The Balaban J connectivity index is 2.21. The molecule has 1 aromatic carbocycles. The summed E-state index contributed by atoms with van der Waals surface area (Å²) in [6.07, 6.45) is 2.34. The molecule has 1 aromatic heterocycles. The van der Waals surface area contributed by atoms with Crippen LogP contribution in [0.15, 0.2) is 24.7 Å². The molecule has 2 N–H and O–H groups in total. The second-order valence-electron chi connectivity index (χ2n) is 4.12. The molecule has 0 saturated heterocycles. The molecule has 20 heavy (non-hydrogen) atoms. The second-order valence-corrected chi connectivity index (χ2v) is 4.12. The number of aromatic carboxylic acids is 1. The lowest BCUT2D eigenvalue weighted by Gasteiger charge is -2.09. The van der Waals surface area contributed by atoms with Crippen LogP contribution in [0.4, 0.5) is 14.5 Å². The van der Waals surface area contributed by atoms with Gasteiger partial charge in [-0.15, -0.1) is 0 Å². The Kier molecular flexibility index (Phi) is 3.88. The smallest absolute Gasteiger partial charge is 0.339 e. The van der Waals surface area contributed by atoms with E-state index >= 15 is 0 Å². The predicted molar refractivity (Wildman–Crippen MR) is 67.4 cm³/mol. The Morgan fingerprint density at radius 1 is 1.35 bits per heavy atom. The summed E-state index contributed by atoms with van der Waals surface area (Å²) < 4.78 is 27.0. The molecular weight excluding hydrogens is 268 g/mol. The van der Waals surface area contributed by atoms with Crippen LogP contribution in [0, 0.1) is 18.6 Å². The predicted octanol–water partition coefficient (Wildman–Crippen LogP) is 2.37. The van der Waals surface area contributed by atoms with Crippen molar-refractivity contribution >= 4 is 11.7 Å². The number of halogens is 2. The highest BCUT2D eigenvalue weighted by atomic mass is 19.1. The molecule has 2 aromatic rings. The van der Waals surface area contributed by atoms with Crippen LogP contribution in [-0.2, 0) is 6.54 Å². The number of carboxylic acids is 1. The van der Waals surface area contributed by atoms with E-state index in [9.17, 15) is 13.6 Å². The number of rotatable bonds is 4. The van der Waals surface area contributed by atoms with Gasteiger partial charge in [0.2, 0.25) is 0 Å². The summed E-state index contributed by atoms with van der Waals surface area (Å²) in [4.78, 5) is 18.4. The van der Waals surface area contributed by atoms with Crippen molar-refractivity contribution in [1.29, 1.82) is 0 Å². The standard InChI is InChI=1S/C13H11F2N3O2/c1-7-2-10(15)11(3-9(7)14)17-5-12-8(13(19)20)4-16-6-18-12/h2-4,6,17H,5H2,1H3,(H,19,20). The number of anilines is 1. The molecule has 0 atom stereocenters. The van der Waals surface area contributed by atoms with Crippen LogP contribution in [0.25, 0.3) is 0 Å². The fourth-order valence-corrected chi connectivity index (χ4v) is 1.64. The Hall–Kier alpha value is -2.57. The molecule has 7 heteroatoms. The molecule has 0 aliphatic rings. The fraction of sp³-hybridized carbons (Fsp3) is 0.154. The largest absolute Gasteiger partial charge is 0.478 e. The molecule has 1 heterocycles. The van der Waals surface area contributed by atoms with Crippen molar-refractivity contribution < 1.29 is 18.7 Å². The van der Waals surface area contributed by atoms with E-state index < -0.39 is 17.6 Å². The lowest BCUT2D eigenvalue weighted by atomic mass is 10.2. The molecule has 2 rings (SSSR count). The highest BCUT2D eigenvalue weighted by molar-refractivity contribution is 5.88. The maximum Gasteiger partial charge on any atom is 0.339 e. The average molecular weight is 279 g/mol. The van der Waals surface area contributed by atoms with Crippen LogP contribution >= 0.6 is 0 Å². The monoisotopic (exact) mass is 279 g/mol. The number of nitrogens with one attached hydrogen (secondary N) is 1. The third kappa shape index (κ3) is 2.87. The SMILES string of the molecule is Cc1cc(F)c(NCc2ncncc2C(=O)O)cc1F. The molecule has 0 amide bonds. The van der Waals surface area contributed by atoms with Crippen molar-refractivity contribution in [3.8, 4) is 0 Å². The third-order valence-corrected chi connectivity index (χ3v) is 2.72. The molecule has 0 aliphatic carbocycles. The van der Waals surface area contributed by atoms with E-state index in [0.717, 1.165) is 18.3 Å². The number of hydrogen-bond acceptors (Lipinski definition) is 4. The normalized spacial score (nSPS) is 10.3. The Labute approximate surface area is 113 Å². The van der Waals surface area contributed by atoms with Crippen molar-refractivity contribution in [3.63, 3.8) is 0 Å². The van der Waals surface area contributed by atoms with Crippen molar-refractivity contribution in [2.45, 2.75) is 13.5 Å². The molecule has 0 radical (unpaired) electrons. The van der Waals surface area contributed by atoms with Crippen molar-refractivity contribution in [3.05, 3.63) is 53.1 Å². The summed E-state index contributed by atoms with van der Waals surface area (Å²) in [6.45, 7) is 1.40. The zero-order valence-corrected chi connectivity index (χ0v) is 10.5. The number of nitrogens with zero attached hydrogens (tertiary/aromatic N) is 2. The second kappa shape index (κ2) is 5.60. The van der Waals surface area contributed by atoms with Gasteiger partial charge in [0.05, 0.1) is 17.9 Å². The third-order valence-electron chi connectivity index (χ3n) is 2.72. The van der Waals surface area contributed by atoms with Gasteiger partial charge in [-0.3, -0.25) is 0 Å². The van der Waals surface area contributed by atoms with E-state index in [2.05, 4.69) is 15.3 Å². The minimum Gasteiger partial charge on any atom is -0.478 e. The fourth-order valence-electron chi connectivity index (χ4n) is 1.64. The zero-order chi connectivity index (χ0) is 14.7. The van der Waals surface area contributed by atoms with Gasteiger partial charge in [0.25, 0.3) is 0 Å². The summed E-state index contributed by atoms with van der Waals surface area (Å²) in [5.74, 6) is -2.34. The first-order valence-corrected chi connectivity index (χ1v) is 5.70. The van der Waals surface area contributed by atoms with Gasteiger partial charge < -0.3 is 10.4 Å². The summed E-state index contributed by atoms with van der Waals surface area (Å²) in [6, 6.07) is 2.09. The Morgan fingerprint density at radius 3 is 2.80 bits per heavy atom. The van der Waals surface area contributed by atoms with Gasteiger partial charge in [0.15, 0.2) is 0 Å². The van der Waals surface area contributed by atoms with Crippen LogP contribution in [0.3, 0.4) is 0 Å². The Bertz CT molecular complexity index is 662. The molecule has 0 saturated carbocycles. The van der Waals surface area contributed by atoms with Gasteiger partial charge in [-0.05, 0) is 18.6 Å². The summed E-state index contributed by atoms with van der Waals surface area (Å²) in [5, 5.41) is 11.6. The van der Waals surface area contributed by atoms with Gasteiger partial charge in [0.1, 0.15) is 23.5 Å². The van der Waals surface area contributed by atoms with Gasteiger partial charge in [-0.2, -0.15) is 0 Å². The molecule has 0 fully saturated rings. The van der Waals surface area contributed by atoms with E-state index in [1.165, 1.54) is 13.3 Å². The number of aryl methyl sites for hydroxylation is 1. The molecule has 104 valence electrons. The van der Waals surface area contributed by atoms with E-state index in [1.807, 2.05) is 0 Å². The van der Waals surface area contributed by atoms with Crippen molar-refractivity contribution in [2.75, 3.05) is 5.32 Å². The summed E-state index contributed by atoms with van der Waals surface area (Å²) in [5.41, 5.74) is 0.241. The molecular formula is C13H11F2N3O2. The number of benzene rings is 1. The number of carbonyl (C=O) groups is 1. The average Bonchev–Trinajstić information content (AvgIpc) is 2.41. The number of carboxylic acid groups (broad SMARTS) is 1. The molecule has 0 bridgehead atoms. The maximum atomic E-state index is 13.6.